The Labute approximate surface area is 258 Å². The van der Waals surface area contributed by atoms with E-state index in [4.69, 9.17) is 21.1 Å². The van der Waals surface area contributed by atoms with Crippen LogP contribution in [0.5, 0.6) is 0 Å². The van der Waals surface area contributed by atoms with E-state index in [0.717, 1.165) is 31.1 Å². The van der Waals surface area contributed by atoms with Crippen LogP contribution in [0.15, 0.2) is 48.5 Å². The molecular formula is C31H40ClN3O6S. The summed E-state index contributed by atoms with van der Waals surface area (Å²) >= 11 is 10.3. The largest absolute Gasteiger partial charge is 0.460 e. The molecule has 0 radical (unpaired) electrons. The summed E-state index contributed by atoms with van der Waals surface area (Å²) in [6, 6.07) is 14.7. The van der Waals surface area contributed by atoms with E-state index in [2.05, 4.69) is 17.5 Å². The van der Waals surface area contributed by atoms with Crippen LogP contribution in [0.1, 0.15) is 43.1 Å². The van der Waals surface area contributed by atoms with E-state index in [9.17, 15) is 19.2 Å². The number of esters is 1. The Kier molecular flexibility index (Phi) is 13.3. The molecule has 0 aromatic heterocycles. The third kappa shape index (κ3) is 10.1. The van der Waals surface area contributed by atoms with Gasteiger partial charge in [0.2, 0.25) is 11.7 Å². The zero-order valence-electron chi connectivity index (χ0n) is 24.5. The smallest absolute Gasteiger partial charge is 0.374 e. The summed E-state index contributed by atoms with van der Waals surface area (Å²) in [6.07, 6.45) is 0.510. The standard InChI is InChI=1S/C31H40ClN3O6S/c1-4-40-31(39)27(36)21-28(42)30(38)35(19-20-41-22(2)3)26-11-7-24(8-12-26)29(37)34-17-15-33(16-18-34)14-13-23-5-9-25(32)10-6-23/h5-12,22,28,42H,4,13-21H2,1-3H3. The van der Waals surface area contributed by atoms with Crippen molar-refractivity contribution in [1.29, 1.82) is 0 Å². The van der Waals surface area contributed by atoms with Gasteiger partial charge in [-0.2, -0.15) is 12.6 Å². The van der Waals surface area contributed by atoms with Gasteiger partial charge in [0, 0.05) is 62.0 Å². The maximum absolute atomic E-state index is 13.3. The summed E-state index contributed by atoms with van der Waals surface area (Å²) in [5.41, 5.74) is 2.30. The van der Waals surface area contributed by atoms with Crippen LogP contribution >= 0.6 is 24.2 Å². The van der Waals surface area contributed by atoms with Crippen molar-refractivity contribution in [2.75, 3.05) is 57.4 Å². The van der Waals surface area contributed by atoms with Crippen LogP contribution in [-0.4, -0.2) is 97.2 Å². The number of Topliss-reactive ketones (excluding diaryl/α,β-unsaturated/α-hetero) is 1. The van der Waals surface area contributed by atoms with Crippen molar-refractivity contribution in [1.82, 2.24) is 9.80 Å². The number of hydrogen-bond acceptors (Lipinski definition) is 8. The molecule has 2 aromatic carbocycles. The molecule has 228 valence electrons. The van der Waals surface area contributed by atoms with Crippen molar-refractivity contribution in [2.24, 2.45) is 0 Å². The number of rotatable bonds is 14. The highest BCUT2D eigenvalue weighted by molar-refractivity contribution is 7.81. The molecule has 1 unspecified atom stereocenters. The summed E-state index contributed by atoms with van der Waals surface area (Å²) in [6.45, 7) is 9.71. The number of halogens is 1. The molecule has 1 saturated heterocycles. The lowest BCUT2D eigenvalue weighted by atomic mass is 10.1. The van der Waals surface area contributed by atoms with Crippen LogP contribution in [0.3, 0.4) is 0 Å². The van der Waals surface area contributed by atoms with Gasteiger partial charge in [-0.1, -0.05) is 23.7 Å². The topological polar surface area (TPSA) is 96.5 Å². The molecule has 0 aliphatic carbocycles. The maximum atomic E-state index is 13.3. The lowest BCUT2D eigenvalue weighted by Crippen LogP contribution is -2.49. The van der Waals surface area contributed by atoms with E-state index in [1.165, 1.54) is 10.5 Å². The van der Waals surface area contributed by atoms with Gasteiger partial charge >= 0.3 is 5.97 Å². The van der Waals surface area contributed by atoms with Crippen molar-refractivity contribution in [2.45, 2.75) is 45.0 Å². The summed E-state index contributed by atoms with van der Waals surface area (Å²) in [5, 5.41) is -0.315. The van der Waals surface area contributed by atoms with Gasteiger partial charge in [-0.15, -0.1) is 0 Å². The van der Waals surface area contributed by atoms with Crippen molar-refractivity contribution < 1.29 is 28.7 Å². The minimum atomic E-state index is -1.04. The molecule has 0 spiro atoms. The van der Waals surface area contributed by atoms with E-state index in [0.29, 0.717) is 24.3 Å². The number of nitrogens with zero attached hydrogens (tertiary/aromatic N) is 3. The molecule has 42 heavy (non-hydrogen) atoms. The van der Waals surface area contributed by atoms with Crippen LogP contribution < -0.4 is 4.90 Å². The first kappa shape index (κ1) is 33.6. The number of amides is 2. The number of carbonyl (C=O) groups is 4. The lowest BCUT2D eigenvalue weighted by molar-refractivity contribution is -0.153. The molecule has 0 N–H and O–H groups in total. The fraction of sp³-hybridized carbons (Fsp3) is 0.484. The maximum Gasteiger partial charge on any atom is 0.374 e. The molecule has 11 heteroatoms. The van der Waals surface area contributed by atoms with Crippen LogP contribution in [0.25, 0.3) is 0 Å². The minimum absolute atomic E-state index is 0.0305. The predicted octanol–water partition coefficient (Wildman–Crippen LogP) is 3.92. The first-order valence-corrected chi connectivity index (χ1v) is 15.2. The third-order valence-corrected chi connectivity index (χ3v) is 7.57. The van der Waals surface area contributed by atoms with Crippen LogP contribution in [-0.2, 0) is 30.3 Å². The van der Waals surface area contributed by atoms with Gasteiger partial charge in [0.25, 0.3) is 5.91 Å². The SMILES string of the molecule is CCOC(=O)C(=O)CC(S)C(=O)N(CCOC(C)C)c1ccc(C(=O)N2CCN(CCc3ccc(Cl)cc3)CC2)cc1. The average molecular weight is 618 g/mol. The first-order valence-electron chi connectivity index (χ1n) is 14.3. The van der Waals surface area contributed by atoms with Crippen LogP contribution in [0, 0.1) is 0 Å². The lowest BCUT2D eigenvalue weighted by Gasteiger charge is -2.35. The second-order valence-corrected chi connectivity index (χ2v) is 11.4. The number of anilines is 1. The fourth-order valence-electron chi connectivity index (χ4n) is 4.56. The van der Waals surface area contributed by atoms with E-state index >= 15 is 0 Å². The molecule has 1 aliphatic heterocycles. The summed E-state index contributed by atoms with van der Waals surface area (Å²) < 4.78 is 10.4. The Morgan fingerprint density at radius 3 is 2.21 bits per heavy atom. The Hall–Kier alpha value is -2.92. The average Bonchev–Trinajstić information content (AvgIpc) is 2.98. The number of benzene rings is 2. The second kappa shape index (κ2) is 16.6. The number of piperazine rings is 1. The van der Waals surface area contributed by atoms with Gasteiger partial charge in [-0.05, 0) is 69.2 Å². The number of ketones is 1. The summed E-state index contributed by atoms with van der Waals surface area (Å²) in [5.74, 6) is -2.30. The molecule has 9 nitrogen and oxygen atoms in total. The highest BCUT2D eigenvalue weighted by Gasteiger charge is 2.28. The molecule has 2 aromatic rings. The highest BCUT2D eigenvalue weighted by atomic mass is 35.5. The molecular weight excluding hydrogens is 578 g/mol. The molecule has 1 aliphatic rings. The van der Waals surface area contributed by atoms with E-state index in [1.807, 2.05) is 43.0 Å². The Morgan fingerprint density at radius 1 is 0.976 bits per heavy atom. The summed E-state index contributed by atoms with van der Waals surface area (Å²) in [7, 11) is 0. The number of carbonyl (C=O) groups excluding carboxylic acids is 4. The number of hydrogen-bond donors (Lipinski definition) is 1. The van der Waals surface area contributed by atoms with Crippen LogP contribution in [0.4, 0.5) is 5.69 Å². The van der Waals surface area contributed by atoms with Crippen molar-refractivity contribution in [3.05, 3.63) is 64.7 Å². The second-order valence-electron chi connectivity index (χ2n) is 10.3. The zero-order chi connectivity index (χ0) is 30.6. The van der Waals surface area contributed by atoms with E-state index in [-0.39, 0.29) is 38.2 Å². The minimum Gasteiger partial charge on any atom is -0.460 e. The molecule has 0 saturated carbocycles. The van der Waals surface area contributed by atoms with E-state index < -0.39 is 22.9 Å². The molecule has 1 heterocycles. The van der Waals surface area contributed by atoms with Crippen molar-refractivity contribution in [3.8, 4) is 0 Å². The first-order chi connectivity index (χ1) is 20.1. The Bertz CT molecular complexity index is 1200. The Balaban J connectivity index is 1.59. The Morgan fingerprint density at radius 2 is 1.62 bits per heavy atom. The number of ether oxygens (including phenoxy) is 2. The number of thiol groups is 1. The predicted molar refractivity (Wildman–Crippen MR) is 166 cm³/mol. The van der Waals surface area contributed by atoms with Gasteiger partial charge in [0.1, 0.15) is 0 Å². The van der Waals surface area contributed by atoms with Crippen LogP contribution in [0.2, 0.25) is 5.02 Å². The fourth-order valence-corrected chi connectivity index (χ4v) is 4.99. The molecule has 2 amide bonds. The van der Waals surface area contributed by atoms with Gasteiger partial charge in [0.15, 0.2) is 0 Å². The quantitative estimate of drug-likeness (QED) is 0.195. The van der Waals surface area contributed by atoms with Crippen molar-refractivity contribution in [3.63, 3.8) is 0 Å². The van der Waals surface area contributed by atoms with Gasteiger partial charge in [-0.25, -0.2) is 4.79 Å². The summed E-state index contributed by atoms with van der Waals surface area (Å²) in [4.78, 5) is 56.1. The third-order valence-electron chi connectivity index (χ3n) is 6.91. The molecule has 3 rings (SSSR count). The normalized spacial score (nSPS) is 14.5. The zero-order valence-corrected chi connectivity index (χ0v) is 26.1. The monoisotopic (exact) mass is 617 g/mol. The van der Waals surface area contributed by atoms with E-state index in [1.54, 1.807) is 31.2 Å². The molecule has 0 bridgehead atoms. The van der Waals surface area contributed by atoms with Gasteiger partial charge < -0.3 is 19.3 Å². The van der Waals surface area contributed by atoms with Gasteiger partial charge in [0.05, 0.1) is 24.6 Å². The molecule has 1 fully saturated rings. The molecule has 1 atom stereocenters. The van der Waals surface area contributed by atoms with Crippen molar-refractivity contribution >= 4 is 53.5 Å². The van der Waals surface area contributed by atoms with Gasteiger partial charge in [-0.3, -0.25) is 19.3 Å². The highest BCUT2D eigenvalue weighted by Crippen LogP contribution is 2.21.